The Balaban J connectivity index is 2.37. The Labute approximate surface area is 120 Å². The van der Waals surface area contributed by atoms with Gasteiger partial charge in [0.2, 0.25) is 0 Å². The highest BCUT2D eigenvalue weighted by Crippen LogP contribution is 2.32. The van der Waals surface area contributed by atoms with Crippen LogP contribution < -0.4 is 4.74 Å². The third-order valence-electron chi connectivity index (χ3n) is 2.12. The largest absolute Gasteiger partial charge is 0.456 e. The molecule has 18 heavy (non-hydrogen) atoms. The summed E-state index contributed by atoms with van der Waals surface area (Å²) in [5.74, 6) is 0.438. The molecular weight excluding hydrogens is 365 g/mol. The van der Waals surface area contributed by atoms with Gasteiger partial charge in [-0.1, -0.05) is 15.9 Å². The molecule has 0 aliphatic rings. The molecule has 0 aromatic heterocycles. The third kappa shape index (κ3) is 3.09. The summed E-state index contributed by atoms with van der Waals surface area (Å²) in [5.41, 5.74) is 0.465. The quantitative estimate of drug-likeness (QED) is 0.743. The van der Waals surface area contributed by atoms with Gasteiger partial charge in [0.1, 0.15) is 17.3 Å². The molecular formula is C13H6Br2FNO. The number of hydrogen-bond acceptors (Lipinski definition) is 2. The topological polar surface area (TPSA) is 33.0 Å². The van der Waals surface area contributed by atoms with Gasteiger partial charge in [-0.25, -0.2) is 4.39 Å². The van der Waals surface area contributed by atoms with E-state index in [1.807, 2.05) is 6.07 Å². The number of rotatable bonds is 2. The molecule has 0 aliphatic heterocycles. The van der Waals surface area contributed by atoms with E-state index >= 15 is 0 Å². The van der Waals surface area contributed by atoms with Crippen molar-refractivity contribution in [3.63, 3.8) is 0 Å². The minimum absolute atomic E-state index is 0.358. The van der Waals surface area contributed by atoms with Crippen LogP contribution in [0, 0.1) is 17.1 Å². The highest BCUT2D eigenvalue weighted by molar-refractivity contribution is 9.10. The molecule has 0 atom stereocenters. The minimum Gasteiger partial charge on any atom is -0.456 e. The van der Waals surface area contributed by atoms with Gasteiger partial charge in [0.15, 0.2) is 0 Å². The van der Waals surface area contributed by atoms with Crippen molar-refractivity contribution in [3.8, 4) is 17.6 Å². The summed E-state index contributed by atoms with van der Waals surface area (Å²) < 4.78 is 20.0. The summed E-state index contributed by atoms with van der Waals surface area (Å²) in [6.45, 7) is 0. The Bertz CT molecular complexity index is 637. The van der Waals surface area contributed by atoms with Crippen LogP contribution in [0.15, 0.2) is 45.3 Å². The molecule has 0 N–H and O–H groups in total. The molecule has 0 aliphatic carbocycles. The number of benzene rings is 2. The van der Waals surface area contributed by atoms with E-state index < -0.39 is 0 Å². The van der Waals surface area contributed by atoms with Gasteiger partial charge in [-0.15, -0.1) is 0 Å². The first-order chi connectivity index (χ1) is 8.58. The van der Waals surface area contributed by atoms with E-state index in [4.69, 9.17) is 10.00 Å². The van der Waals surface area contributed by atoms with Gasteiger partial charge in [0.25, 0.3) is 0 Å². The van der Waals surface area contributed by atoms with Gasteiger partial charge in [-0.05, 0) is 46.3 Å². The lowest BCUT2D eigenvalue weighted by Gasteiger charge is -2.08. The average Bonchev–Trinajstić information content (AvgIpc) is 2.33. The van der Waals surface area contributed by atoms with Crippen molar-refractivity contribution < 1.29 is 9.13 Å². The maximum atomic E-state index is 13.1. The molecule has 2 nitrogen and oxygen atoms in total. The van der Waals surface area contributed by atoms with Crippen LogP contribution in [0.3, 0.4) is 0 Å². The smallest absolute Gasteiger partial charge is 0.144 e. The maximum Gasteiger partial charge on any atom is 0.144 e. The van der Waals surface area contributed by atoms with Crippen molar-refractivity contribution >= 4 is 31.9 Å². The van der Waals surface area contributed by atoms with Crippen LogP contribution >= 0.6 is 31.9 Å². The summed E-state index contributed by atoms with van der Waals surface area (Å²) in [7, 11) is 0. The van der Waals surface area contributed by atoms with Crippen molar-refractivity contribution in [2.24, 2.45) is 0 Å². The van der Waals surface area contributed by atoms with Crippen LogP contribution in [-0.2, 0) is 0 Å². The van der Waals surface area contributed by atoms with Crippen LogP contribution in [0.4, 0.5) is 4.39 Å². The highest BCUT2D eigenvalue weighted by Gasteiger charge is 2.06. The molecule has 0 fully saturated rings. The molecule has 90 valence electrons. The Morgan fingerprint density at radius 1 is 1.11 bits per heavy atom. The molecule has 2 rings (SSSR count). The first kappa shape index (κ1) is 13.1. The number of halogens is 3. The number of nitriles is 1. The van der Waals surface area contributed by atoms with E-state index in [9.17, 15) is 4.39 Å². The van der Waals surface area contributed by atoms with Crippen LogP contribution in [0.25, 0.3) is 0 Å². The van der Waals surface area contributed by atoms with Gasteiger partial charge in [0, 0.05) is 10.5 Å². The maximum absolute atomic E-state index is 13.1. The predicted molar refractivity (Wildman–Crippen MR) is 73.0 cm³/mol. The van der Waals surface area contributed by atoms with E-state index in [2.05, 4.69) is 31.9 Å². The molecule has 0 spiro atoms. The lowest BCUT2D eigenvalue weighted by molar-refractivity contribution is 0.473. The second-order valence-corrected chi connectivity index (χ2v) is 5.23. The second kappa shape index (κ2) is 5.51. The molecule has 0 heterocycles. The monoisotopic (exact) mass is 369 g/mol. The molecule has 0 unspecified atom stereocenters. The summed E-state index contributed by atoms with van der Waals surface area (Å²) in [4.78, 5) is 0. The van der Waals surface area contributed by atoms with E-state index in [1.54, 1.807) is 24.3 Å². The van der Waals surface area contributed by atoms with Crippen LogP contribution in [0.1, 0.15) is 5.56 Å². The van der Waals surface area contributed by atoms with E-state index in [0.29, 0.717) is 21.5 Å². The van der Waals surface area contributed by atoms with Gasteiger partial charge in [-0.3, -0.25) is 0 Å². The predicted octanol–water partition coefficient (Wildman–Crippen LogP) is 5.01. The fourth-order valence-corrected chi connectivity index (χ4v) is 2.17. The minimum atomic E-state index is -0.385. The molecule has 2 aromatic rings. The zero-order valence-electron chi connectivity index (χ0n) is 8.95. The van der Waals surface area contributed by atoms with Crippen molar-refractivity contribution in [1.82, 2.24) is 0 Å². The lowest BCUT2D eigenvalue weighted by atomic mass is 10.2. The Hall–Kier alpha value is -1.38. The Morgan fingerprint density at radius 2 is 1.89 bits per heavy atom. The molecule has 5 heteroatoms. The summed E-state index contributed by atoms with van der Waals surface area (Å²) >= 11 is 6.56. The number of nitrogens with zero attached hydrogens (tertiary/aromatic N) is 1. The third-order valence-corrected chi connectivity index (χ3v) is 3.23. The summed E-state index contributed by atoms with van der Waals surface area (Å²) in [6.07, 6.45) is 0. The fourth-order valence-electron chi connectivity index (χ4n) is 1.37. The van der Waals surface area contributed by atoms with Crippen molar-refractivity contribution in [3.05, 3.63) is 56.7 Å². The molecule has 0 amide bonds. The van der Waals surface area contributed by atoms with Gasteiger partial charge in [-0.2, -0.15) is 5.26 Å². The SMILES string of the molecule is N#Cc1cc(Br)cc(Oc2cc(F)ccc2Br)c1. The Morgan fingerprint density at radius 3 is 2.61 bits per heavy atom. The lowest BCUT2D eigenvalue weighted by Crippen LogP contribution is -1.88. The van der Waals surface area contributed by atoms with Crippen molar-refractivity contribution in [1.29, 1.82) is 5.26 Å². The van der Waals surface area contributed by atoms with Crippen LogP contribution in [0.5, 0.6) is 11.5 Å². The summed E-state index contributed by atoms with van der Waals surface area (Å²) in [6, 6.07) is 11.2. The average molecular weight is 371 g/mol. The molecule has 0 saturated heterocycles. The second-order valence-electron chi connectivity index (χ2n) is 3.46. The zero-order valence-corrected chi connectivity index (χ0v) is 12.1. The van der Waals surface area contributed by atoms with E-state index in [1.165, 1.54) is 12.1 Å². The first-order valence-electron chi connectivity index (χ1n) is 4.92. The fraction of sp³-hybridized carbons (Fsp3) is 0. The van der Waals surface area contributed by atoms with Crippen LogP contribution in [-0.4, -0.2) is 0 Å². The van der Waals surface area contributed by atoms with Gasteiger partial charge < -0.3 is 4.74 Å². The van der Waals surface area contributed by atoms with Gasteiger partial charge in [0.05, 0.1) is 16.1 Å². The first-order valence-corrected chi connectivity index (χ1v) is 6.50. The number of ether oxygens (including phenoxy) is 1. The molecule has 0 saturated carbocycles. The van der Waals surface area contributed by atoms with E-state index in [-0.39, 0.29) is 5.82 Å². The molecule has 2 aromatic carbocycles. The Kier molecular flexibility index (Phi) is 4.00. The van der Waals surface area contributed by atoms with E-state index in [0.717, 1.165) is 4.47 Å². The van der Waals surface area contributed by atoms with Crippen LogP contribution in [0.2, 0.25) is 0 Å². The zero-order chi connectivity index (χ0) is 13.1. The van der Waals surface area contributed by atoms with Crippen molar-refractivity contribution in [2.75, 3.05) is 0 Å². The summed E-state index contributed by atoms with van der Waals surface area (Å²) in [5, 5.41) is 8.86. The van der Waals surface area contributed by atoms with Gasteiger partial charge >= 0.3 is 0 Å². The normalized spacial score (nSPS) is 9.89. The highest BCUT2D eigenvalue weighted by atomic mass is 79.9. The van der Waals surface area contributed by atoms with Crippen molar-refractivity contribution in [2.45, 2.75) is 0 Å². The number of hydrogen-bond donors (Lipinski definition) is 0. The molecule has 0 radical (unpaired) electrons. The standard InChI is InChI=1S/C13H6Br2FNO/c14-9-3-8(7-17)4-11(5-9)18-13-6-10(16)1-2-12(13)15/h1-6H. The molecule has 0 bridgehead atoms.